The van der Waals surface area contributed by atoms with Crippen molar-refractivity contribution in [1.29, 1.82) is 0 Å². The molecule has 0 saturated heterocycles. The van der Waals surface area contributed by atoms with Crippen molar-refractivity contribution in [2.75, 3.05) is 0 Å². The second-order valence-corrected chi connectivity index (χ2v) is 6.13. The van der Waals surface area contributed by atoms with Crippen LogP contribution in [0.1, 0.15) is 5.56 Å². The molecule has 2 aromatic rings. The van der Waals surface area contributed by atoms with Crippen LogP contribution in [0.2, 0.25) is 0 Å². The van der Waals surface area contributed by atoms with Gasteiger partial charge in [0, 0.05) is 5.56 Å². The van der Waals surface area contributed by atoms with E-state index in [-0.39, 0.29) is 4.21 Å². The molecule has 0 atom stereocenters. The van der Waals surface area contributed by atoms with Gasteiger partial charge in [-0.1, -0.05) is 30.3 Å². The highest BCUT2D eigenvalue weighted by Gasteiger charge is 2.19. The fourth-order valence-corrected chi connectivity index (χ4v) is 3.62. The number of thiophene rings is 1. The SMILES string of the molecule is Cc1csc(S(N)(=O)=O)c1-c1ccccc1. The molecule has 84 valence electrons. The van der Waals surface area contributed by atoms with Crippen LogP contribution in [-0.2, 0) is 10.0 Å². The number of primary sulfonamides is 1. The topological polar surface area (TPSA) is 60.2 Å². The van der Waals surface area contributed by atoms with E-state index in [4.69, 9.17) is 5.14 Å². The number of hydrogen-bond acceptors (Lipinski definition) is 3. The van der Waals surface area contributed by atoms with Crippen LogP contribution in [-0.4, -0.2) is 8.42 Å². The average Bonchev–Trinajstić information content (AvgIpc) is 2.61. The third kappa shape index (κ3) is 2.02. The van der Waals surface area contributed by atoms with E-state index in [1.807, 2.05) is 42.6 Å². The Hall–Kier alpha value is -1.17. The monoisotopic (exact) mass is 253 g/mol. The summed E-state index contributed by atoms with van der Waals surface area (Å²) < 4.78 is 23.1. The molecule has 0 aliphatic carbocycles. The normalized spacial score (nSPS) is 11.6. The lowest BCUT2D eigenvalue weighted by Crippen LogP contribution is -2.11. The molecule has 1 aromatic carbocycles. The molecule has 3 nitrogen and oxygen atoms in total. The van der Waals surface area contributed by atoms with Crippen molar-refractivity contribution < 1.29 is 8.42 Å². The molecule has 0 spiro atoms. The highest BCUT2D eigenvalue weighted by atomic mass is 32.2. The number of sulfonamides is 1. The summed E-state index contributed by atoms with van der Waals surface area (Å²) in [6.07, 6.45) is 0. The van der Waals surface area contributed by atoms with E-state index in [0.29, 0.717) is 5.56 Å². The van der Waals surface area contributed by atoms with Crippen molar-refractivity contribution in [3.05, 3.63) is 41.3 Å². The number of nitrogens with two attached hydrogens (primary N) is 1. The highest BCUT2D eigenvalue weighted by molar-refractivity contribution is 7.91. The van der Waals surface area contributed by atoms with Crippen molar-refractivity contribution >= 4 is 21.4 Å². The van der Waals surface area contributed by atoms with E-state index in [0.717, 1.165) is 22.5 Å². The van der Waals surface area contributed by atoms with Gasteiger partial charge < -0.3 is 0 Å². The zero-order valence-corrected chi connectivity index (χ0v) is 10.3. The van der Waals surface area contributed by atoms with Crippen molar-refractivity contribution in [3.8, 4) is 11.1 Å². The van der Waals surface area contributed by atoms with Crippen molar-refractivity contribution in [2.45, 2.75) is 11.1 Å². The van der Waals surface area contributed by atoms with Gasteiger partial charge in [0.2, 0.25) is 10.0 Å². The first kappa shape index (κ1) is 11.3. The smallest absolute Gasteiger partial charge is 0.224 e. The summed E-state index contributed by atoms with van der Waals surface area (Å²) in [5, 5.41) is 7.00. The highest BCUT2D eigenvalue weighted by Crippen LogP contribution is 2.34. The quantitative estimate of drug-likeness (QED) is 0.893. The molecule has 5 heteroatoms. The molecule has 0 fully saturated rings. The summed E-state index contributed by atoms with van der Waals surface area (Å²) in [6, 6.07) is 9.40. The molecule has 16 heavy (non-hydrogen) atoms. The third-order valence-corrected chi connectivity index (χ3v) is 4.86. The van der Waals surface area contributed by atoms with E-state index >= 15 is 0 Å². The van der Waals surface area contributed by atoms with Crippen LogP contribution in [0.4, 0.5) is 0 Å². The van der Waals surface area contributed by atoms with Gasteiger partial charge in [-0.3, -0.25) is 0 Å². The van der Waals surface area contributed by atoms with Gasteiger partial charge in [-0.15, -0.1) is 11.3 Å². The van der Waals surface area contributed by atoms with Crippen LogP contribution in [0, 0.1) is 6.92 Å². The Morgan fingerprint density at radius 2 is 1.81 bits per heavy atom. The lowest BCUT2D eigenvalue weighted by Gasteiger charge is -2.03. The molecule has 1 heterocycles. The van der Waals surface area contributed by atoms with Crippen LogP contribution in [0.25, 0.3) is 11.1 Å². The fraction of sp³-hybridized carbons (Fsp3) is 0.0909. The summed E-state index contributed by atoms with van der Waals surface area (Å²) >= 11 is 1.16. The standard InChI is InChI=1S/C11H11NO2S2/c1-8-7-15-11(16(12,13)14)10(8)9-5-3-2-4-6-9/h2-7H,1H3,(H2,12,13,14). The Morgan fingerprint density at radius 3 is 2.38 bits per heavy atom. The summed E-state index contributed by atoms with van der Waals surface area (Å²) in [6.45, 7) is 1.88. The molecular formula is C11H11NO2S2. The second-order valence-electron chi connectivity index (χ2n) is 3.49. The number of aryl methyl sites for hydroxylation is 1. The van der Waals surface area contributed by atoms with Crippen LogP contribution in [0.15, 0.2) is 39.9 Å². The molecular weight excluding hydrogens is 242 g/mol. The minimum Gasteiger partial charge on any atom is -0.224 e. The molecule has 1 aromatic heterocycles. The maximum absolute atomic E-state index is 11.4. The Bertz CT molecular complexity index is 600. The lowest BCUT2D eigenvalue weighted by atomic mass is 10.1. The number of hydrogen-bond donors (Lipinski definition) is 1. The first-order valence-electron chi connectivity index (χ1n) is 4.66. The molecule has 0 amide bonds. The van der Waals surface area contributed by atoms with E-state index in [2.05, 4.69) is 0 Å². The van der Waals surface area contributed by atoms with E-state index in [1.54, 1.807) is 0 Å². The Balaban J connectivity index is 2.71. The van der Waals surface area contributed by atoms with Gasteiger partial charge in [-0.25, -0.2) is 13.6 Å². The Kier molecular flexibility index (Phi) is 2.84. The van der Waals surface area contributed by atoms with Gasteiger partial charge >= 0.3 is 0 Å². The van der Waals surface area contributed by atoms with Gasteiger partial charge in [0.05, 0.1) is 0 Å². The molecule has 0 radical (unpaired) electrons. The van der Waals surface area contributed by atoms with Gasteiger partial charge in [0.25, 0.3) is 0 Å². The predicted molar refractivity (Wildman–Crippen MR) is 65.9 cm³/mol. The maximum Gasteiger partial charge on any atom is 0.248 e. The van der Waals surface area contributed by atoms with Crippen LogP contribution >= 0.6 is 11.3 Å². The molecule has 0 aliphatic rings. The number of benzene rings is 1. The van der Waals surface area contributed by atoms with E-state index in [1.165, 1.54) is 0 Å². The zero-order chi connectivity index (χ0) is 11.8. The van der Waals surface area contributed by atoms with Crippen molar-refractivity contribution in [1.82, 2.24) is 0 Å². The molecule has 0 bridgehead atoms. The van der Waals surface area contributed by atoms with Gasteiger partial charge in [-0.2, -0.15) is 0 Å². The number of rotatable bonds is 2. The second kappa shape index (κ2) is 4.01. The average molecular weight is 253 g/mol. The molecule has 2 N–H and O–H groups in total. The lowest BCUT2D eigenvalue weighted by molar-refractivity contribution is 0.600. The molecule has 0 aliphatic heterocycles. The van der Waals surface area contributed by atoms with Gasteiger partial charge in [-0.05, 0) is 23.4 Å². The molecule has 2 rings (SSSR count). The zero-order valence-electron chi connectivity index (χ0n) is 8.67. The summed E-state index contributed by atoms with van der Waals surface area (Å²) in [5.74, 6) is 0. The van der Waals surface area contributed by atoms with Gasteiger partial charge in [0.1, 0.15) is 4.21 Å². The third-order valence-electron chi connectivity index (χ3n) is 2.26. The largest absolute Gasteiger partial charge is 0.248 e. The molecule has 0 saturated carbocycles. The summed E-state index contributed by atoms with van der Waals surface area (Å²) in [4.78, 5) is 0. The Morgan fingerprint density at radius 1 is 1.19 bits per heavy atom. The van der Waals surface area contributed by atoms with Crippen molar-refractivity contribution in [3.63, 3.8) is 0 Å². The minimum atomic E-state index is -3.64. The first-order chi connectivity index (χ1) is 7.50. The van der Waals surface area contributed by atoms with Gasteiger partial charge in [0.15, 0.2) is 0 Å². The Labute approximate surface area is 98.6 Å². The van der Waals surface area contributed by atoms with Crippen LogP contribution in [0.3, 0.4) is 0 Å². The minimum absolute atomic E-state index is 0.233. The van der Waals surface area contributed by atoms with Crippen LogP contribution in [0.5, 0.6) is 0 Å². The maximum atomic E-state index is 11.4. The summed E-state index contributed by atoms with van der Waals surface area (Å²) in [7, 11) is -3.64. The predicted octanol–water partition coefficient (Wildman–Crippen LogP) is 2.37. The molecule has 0 unspecified atom stereocenters. The van der Waals surface area contributed by atoms with Crippen molar-refractivity contribution in [2.24, 2.45) is 5.14 Å². The summed E-state index contributed by atoms with van der Waals surface area (Å²) in [5.41, 5.74) is 2.53. The first-order valence-corrected chi connectivity index (χ1v) is 7.09. The van der Waals surface area contributed by atoms with Crippen LogP contribution < -0.4 is 5.14 Å². The fourth-order valence-electron chi connectivity index (χ4n) is 1.58. The van der Waals surface area contributed by atoms with E-state index < -0.39 is 10.0 Å². The van der Waals surface area contributed by atoms with E-state index in [9.17, 15) is 8.42 Å².